The van der Waals surface area contributed by atoms with Crippen LogP contribution in [0, 0.1) is 5.92 Å². The largest absolute Gasteiger partial charge is 0.390 e. The predicted octanol–water partition coefficient (Wildman–Crippen LogP) is 3.89. The molecule has 96 valence electrons. The van der Waals surface area contributed by atoms with Gasteiger partial charge in [-0.25, -0.2) is 0 Å². The maximum Gasteiger partial charge on any atom is 0.390 e. The first-order valence-corrected chi connectivity index (χ1v) is 6.29. The van der Waals surface area contributed by atoms with Crippen LogP contribution in [0.5, 0.6) is 0 Å². The van der Waals surface area contributed by atoms with Gasteiger partial charge in [-0.3, -0.25) is 0 Å². The zero-order chi connectivity index (χ0) is 12.0. The number of hydrogen-bond donors (Lipinski definition) is 1. The van der Waals surface area contributed by atoms with Gasteiger partial charge in [0.15, 0.2) is 0 Å². The molecule has 16 heavy (non-hydrogen) atoms. The maximum absolute atomic E-state index is 12.0. The van der Waals surface area contributed by atoms with Crippen molar-refractivity contribution >= 4 is 0 Å². The standard InChI is InChI=1S/C12H22F3N/c1-10(16-9-8-12(13,14)15)11-6-4-2-3-5-7-11/h10-11,16H,2-9H2,1H3/t10-/m0/s1. The van der Waals surface area contributed by atoms with Crippen LogP contribution in [0.4, 0.5) is 13.2 Å². The Labute approximate surface area is 95.8 Å². The first-order valence-electron chi connectivity index (χ1n) is 6.29. The molecule has 0 amide bonds. The lowest BCUT2D eigenvalue weighted by Gasteiger charge is -2.23. The summed E-state index contributed by atoms with van der Waals surface area (Å²) in [6.45, 7) is 2.08. The number of nitrogens with one attached hydrogen (secondary N) is 1. The minimum atomic E-state index is -4.03. The van der Waals surface area contributed by atoms with E-state index < -0.39 is 12.6 Å². The molecule has 4 heteroatoms. The van der Waals surface area contributed by atoms with Gasteiger partial charge in [0.25, 0.3) is 0 Å². The van der Waals surface area contributed by atoms with Gasteiger partial charge < -0.3 is 5.32 Å². The Morgan fingerprint density at radius 1 is 1.12 bits per heavy atom. The van der Waals surface area contributed by atoms with E-state index >= 15 is 0 Å². The summed E-state index contributed by atoms with van der Waals surface area (Å²) in [7, 11) is 0. The lowest BCUT2D eigenvalue weighted by Crippen LogP contribution is -2.35. The van der Waals surface area contributed by atoms with Crippen molar-refractivity contribution in [1.29, 1.82) is 0 Å². The quantitative estimate of drug-likeness (QED) is 0.731. The molecule has 0 aromatic heterocycles. The Morgan fingerprint density at radius 3 is 2.19 bits per heavy atom. The smallest absolute Gasteiger partial charge is 0.314 e. The summed E-state index contributed by atoms with van der Waals surface area (Å²) in [5.41, 5.74) is 0. The normalized spacial score (nSPS) is 21.8. The van der Waals surface area contributed by atoms with Gasteiger partial charge in [-0.2, -0.15) is 13.2 Å². The Morgan fingerprint density at radius 2 is 1.69 bits per heavy atom. The summed E-state index contributed by atoms with van der Waals surface area (Å²) in [6, 6.07) is 0.223. The summed E-state index contributed by atoms with van der Waals surface area (Å²) in [6.07, 6.45) is 2.62. The predicted molar refractivity (Wildman–Crippen MR) is 59.3 cm³/mol. The molecule has 0 aromatic rings. The third-order valence-electron chi connectivity index (χ3n) is 3.48. The fourth-order valence-corrected chi connectivity index (χ4v) is 2.42. The van der Waals surface area contributed by atoms with E-state index in [2.05, 4.69) is 5.32 Å². The van der Waals surface area contributed by atoms with E-state index in [0.717, 1.165) is 0 Å². The highest BCUT2D eigenvalue weighted by molar-refractivity contribution is 4.75. The van der Waals surface area contributed by atoms with Crippen LogP contribution >= 0.6 is 0 Å². The Kier molecular flexibility index (Phi) is 5.59. The molecule has 0 spiro atoms. The molecule has 1 N–H and O–H groups in total. The first kappa shape index (κ1) is 13.8. The van der Waals surface area contributed by atoms with Gasteiger partial charge in [0.1, 0.15) is 0 Å². The van der Waals surface area contributed by atoms with Gasteiger partial charge in [0.2, 0.25) is 0 Å². The van der Waals surface area contributed by atoms with Crippen molar-refractivity contribution in [2.24, 2.45) is 5.92 Å². The van der Waals surface area contributed by atoms with Gasteiger partial charge >= 0.3 is 6.18 Å². The molecule has 0 aliphatic heterocycles. The highest BCUT2D eigenvalue weighted by Crippen LogP contribution is 2.25. The zero-order valence-electron chi connectivity index (χ0n) is 9.95. The minimum absolute atomic E-state index is 0.0567. The molecular weight excluding hydrogens is 215 g/mol. The second-order valence-corrected chi connectivity index (χ2v) is 4.86. The van der Waals surface area contributed by atoms with Crippen LogP contribution < -0.4 is 5.32 Å². The molecule has 1 fully saturated rings. The molecule has 0 radical (unpaired) electrons. The van der Waals surface area contributed by atoms with Gasteiger partial charge in [-0.1, -0.05) is 25.7 Å². The summed E-state index contributed by atoms with van der Waals surface area (Å²) in [5.74, 6) is 0.565. The summed E-state index contributed by atoms with van der Waals surface area (Å²) in [4.78, 5) is 0. The molecule has 1 nitrogen and oxygen atoms in total. The highest BCUT2D eigenvalue weighted by Gasteiger charge is 2.27. The van der Waals surface area contributed by atoms with Crippen LogP contribution in [0.3, 0.4) is 0 Å². The third kappa shape index (κ3) is 5.73. The maximum atomic E-state index is 12.0. The van der Waals surface area contributed by atoms with Gasteiger partial charge in [-0.05, 0) is 25.7 Å². The van der Waals surface area contributed by atoms with E-state index in [1.165, 1.54) is 38.5 Å². The second-order valence-electron chi connectivity index (χ2n) is 4.86. The van der Waals surface area contributed by atoms with Crippen molar-refractivity contribution in [1.82, 2.24) is 5.32 Å². The molecule has 0 aromatic carbocycles. The molecule has 1 rings (SSSR count). The van der Waals surface area contributed by atoms with E-state index in [1.807, 2.05) is 6.92 Å². The van der Waals surface area contributed by atoms with Crippen LogP contribution in [-0.2, 0) is 0 Å². The molecular formula is C12H22F3N. The Bertz CT molecular complexity index is 183. The topological polar surface area (TPSA) is 12.0 Å². The highest BCUT2D eigenvalue weighted by atomic mass is 19.4. The van der Waals surface area contributed by atoms with Crippen molar-refractivity contribution in [3.05, 3.63) is 0 Å². The van der Waals surface area contributed by atoms with E-state index in [1.54, 1.807) is 0 Å². The molecule has 0 bridgehead atoms. The molecule has 0 unspecified atom stereocenters. The van der Waals surface area contributed by atoms with Crippen molar-refractivity contribution in [2.75, 3.05) is 6.54 Å². The van der Waals surface area contributed by atoms with Gasteiger partial charge in [0.05, 0.1) is 6.42 Å². The van der Waals surface area contributed by atoms with Crippen LogP contribution in [0.25, 0.3) is 0 Å². The number of alkyl halides is 3. The van der Waals surface area contributed by atoms with Crippen LogP contribution in [0.2, 0.25) is 0 Å². The average Bonchev–Trinajstić information content (AvgIpc) is 2.43. The fraction of sp³-hybridized carbons (Fsp3) is 1.00. The van der Waals surface area contributed by atoms with Gasteiger partial charge in [-0.15, -0.1) is 0 Å². The van der Waals surface area contributed by atoms with Crippen molar-refractivity contribution in [2.45, 2.75) is 64.1 Å². The van der Waals surface area contributed by atoms with E-state index in [-0.39, 0.29) is 12.6 Å². The van der Waals surface area contributed by atoms with E-state index in [4.69, 9.17) is 0 Å². The van der Waals surface area contributed by atoms with Crippen LogP contribution in [0.1, 0.15) is 51.9 Å². The minimum Gasteiger partial charge on any atom is -0.314 e. The van der Waals surface area contributed by atoms with Crippen LogP contribution in [-0.4, -0.2) is 18.8 Å². The van der Waals surface area contributed by atoms with Crippen LogP contribution in [0.15, 0.2) is 0 Å². The van der Waals surface area contributed by atoms with Crippen molar-refractivity contribution in [3.63, 3.8) is 0 Å². The number of hydrogen-bond acceptors (Lipinski definition) is 1. The van der Waals surface area contributed by atoms with Crippen molar-refractivity contribution < 1.29 is 13.2 Å². The lowest BCUT2D eigenvalue weighted by atomic mass is 9.93. The van der Waals surface area contributed by atoms with Gasteiger partial charge in [0, 0.05) is 12.6 Å². The number of halogens is 3. The zero-order valence-corrected chi connectivity index (χ0v) is 9.95. The lowest BCUT2D eigenvalue weighted by molar-refractivity contribution is -0.133. The summed E-state index contributed by atoms with van der Waals surface area (Å²) >= 11 is 0. The SMILES string of the molecule is C[C@H](NCCC(F)(F)F)C1CCCCCC1. The average molecular weight is 237 g/mol. The number of rotatable bonds is 4. The molecule has 1 saturated carbocycles. The van der Waals surface area contributed by atoms with E-state index in [9.17, 15) is 13.2 Å². The molecule has 0 saturated heterocycles. The summed E-state index contributed by atoms with van der Waals surface area (Å²) in [5, 5.41) is 3.02. The first-order chi connectivity index (χ1) is 7.49. The monoisotopic (exact) mass is 237 g/mol. The molecule has 0 heterocycles. The fourth-order valence-electron chi connectivity index (χ4n) is 2.42. The third-order valence-corrected chi connectivity index (χ3v) is 3.48. The van der Waals surface area contributed by atoms with E-state index in [0.29, 0.717) is 5.92 Å². The second kappa shape index (κ2) is 6.48. The molecule has 1 atom stereocenters. The summed E-state index contributed by atoms with van der Waals surface area (Å²) < 4.78 is 35.9. The Hall–Kier alpha value is -0.250. The Balaban J connectivity index is 2.20. The molecule has 1 aliphatic carbocycles. The molecule has 1 aliphatic rings. The van der Waals surface area contributed by atoms with Crippen molar-refractivity contribution in [3.8, 4) is 0 Å².